The Bertz CT molecular complexity index is 634. The van der Waals surface area contributed by atoms with Gasteiger partial charge in [0.05, 0.1) is 6.26 Å². The van der Waals surface area contributed by atoms with E-state index in [2.05, 4.69) is 29.8 Å². The predicted octanol–water partition coefficient (Wildman–Crippen LogP) is 3.70. The third kappa shape index (κ3) is 5.50. The van der Waals surface area contributed by atoms with Crippen LogP contribution < -0.4 is 16.0 Å². The van der Waals surface area contributed by atoms with E-state index in [0.29, 0.717) is 23.8 Å². The number of hydrogen-bond donors (Lipinski definition) is 3. The van der Waals surface area contributed by atoms with Gasteiger partial charge in [-0.1, -0.05) is 13.8 Å². The fraction of sp³-hybridized carbons (Fsp3) is 0.294. The maximum Gasteiger partial charge on any atom is 0.319 e. The fourth-order valence-corrected chi connectivity index (χ4v) is 1.89. The van der Waals surface area contributed by atoms with Crippen LogP contribution in [0.15, 0.2) is 47.1 Å². The van der Waals surface area contributed by atoms with Gasteiger partial charge in [0.15, 0.2) is 5.76 Å². The minimum atomic E-state index is -0.317. The van der Waals surface area contributed by atoms with Gasteiger partial charge in [0.25, 0.3) is 5.91 Å². The summed E-state index contributed by atoms with van der Waals surface area (Å²) in [6.45, 7) is 4.85. The summed E-state index contributed by atoms with van der Waals surface area (Å²) >= 11 is 0. The molecule has 2 rings (SSSR count). The summed E-state index contributed by atoms with van der Waals surface area (Å²) in [5.41, 5.74) is 1.28. The molecule has 0 spiro atoms. The first-order chi connectivity index (χ1) is 11.0. The van der Waals surface area contributed by atoms with Gasteiger partial charge in [-0.3, -0.25) is 4.79 Å². The van der Waals surface area contributed by atoms with Crippen LogP contribution in [0.4, 0.5) is 16.2 Å². The summed E-state index contributed by atoms with van der Waals surface area (Å²) in [7, 11) is 0. The van der Waals surface area contributed by atoms with Gasteiger partial charge in [-0.25, -0.2) is 4.79 Å². The molecule has 0 unspecified atom stereocenters. The van der Waals surface area contributed by atoms with Crippen LogP contribution in [0.1, 0.15) is 30.8 Å². The molecule has 3 N–H and O–H groups in total. The highest BCUT2D eigenvalue weighted by molar-refractivity contribution is 6.02. The molecule has 1 heterocycles. The molecule has 6 heteroatoms. The molecule has 0 aliphatic carbocycles. The highest BCUT2D eigenvalue weighted by atomic mass is 16.3. The summed E-state index contributed by atoms with van der Waals surface area (Å²) in [4.78, 5) is 23.5. The van der Waals surface area contributed by atoms with Gasteiger partial charge in [0.1, 0.15) is 0 Å². The number of rotatable bonds is 6. The number of carbonyl (C=O) groups excluding carboxylic acids is 2. The average molecular weight is 315 g/mol. The van der Waals surface area contributed by atoms with E-state index >= 15 is 0 Å². The zero-order valence-corrected chi connectivity index (χ0v) is 13.3. The Kier molecular flexibility index (Phi) is 5.80. The quantitative estimate of drug-likeness (QED) is 0.760. The number of carbonyl (C=O) groups is 2. The van der Waals surface area contributed by atoms with Crippen molar-refractivity contribution in [1.29, 1.82) is 0 Å². The van der Waals surface area contributed by atoms with Crippen LogP contribution in [0.3, 0.4) is 0 Å². The van der Waals surface area contributed by atoms with Crippen LogP contribution in [0.25, 0.3) is 0 Å². The molecule has 0 fully saturated rings. The van der Waals surface area contributed by atoms with Crippen molar-refractivity contribution >= 4 is 23.3 Å². The zero-order chi connectivity index (χ0) is 16.7. The number of furan rings is 1. The Labute approximate surface area is 135 Å². The minimum Gasteiger partial charge on any atom is -0.459 e. The summed E-state index contributed by atoms with van der Waals surface area (Å²) in [5.74, 6) is 0.478. The largest absolute Gasteiger partial charge is 0.459 e. The van der Waals surface area contributed by atoms with Crippen molar-refractivity contribution in [1.82, 2.24) is 5.32 Å². The fourth-order valence-electron chi connectivity index (χ4n) is 1.89. The highest BCUT2D eigenvalue weighted by Gasteiger charge is 2.08. The van der Waals surface area contributed by atoms with E-state index in [9.17, 15) is 9.59 Å². The van der Waals surface area contributed by atoms with E-state index in [4.69, 9.17) is 4.42 Å². The van der Waals surface area contributed by atoms with Gasteiger partial charge in [-0.05, 0) is 48.7 Å². The standard InChI is InChI=1S/C17H21N3O3/c1-12(2)9-10-18-17(22)20-14-7-5-13(6-8-14)19-16(21)15-4-3-11-23-15/h3-8,11-12H,9-10H2,1-2H3,(H,19,21)(H2,18,20,22). The number of hydrogen-bond acceptors (Lipinski definition) is 3. The summed E-state index contributed by atoms with van der Waals surface area (Å²) in [5, 5.41) is 8.25. The molecule has 0 aliphatic rings. The van der Waals surface area contributed by atoms with Crippen LogP contribution >= 0.6 is 0 Å². The lowest BCUT2D eigenvalue weighted by atomic mass is 10.1. The number of urea groups is 1. The molecule has 0 bridgehead atoms. The smallest absolute Gasteiger partial charge is 0.319 e. The van der Waals surface area contributed by atoms with E-state index in [-0.39, 0.29) is 17.7 Å². The minimum absolute atomic E-state index is 0.238. The monoisotopic (exact) mass is 315 g/mol. The first-order valence-corrected chi connectivity index (χ1v) is 7.54. The zero-order valence-electron chi connectivity index (χ0n) is 13.3. The van der Waals surface area contributed by atoms with Crippen molar-refractivity contribution in [2.45, 2.75) is 20.3 Å². The van der Waals surface area contributed by atoms with Gasteiger partial charge < -0.3 is 20.4 Å². The van der Waals surface area contributed by atoms with Crippen LogP contribution in [-0.4, -0.2) is 18.5 Å². The lowest BCUT2D eigenvalue weighted by Gasteiger charge is -2.09. The highest BCUT2D eigenvalue weighted by Crippen LogP contribution is 2.14. The number of nitrogens with one attached hydrogen (secondary N) is 3. The molecule has 6 nitrogen and oxygen atoms in total. The Balaban J connectivity index is 1.82. The molecule has 1 aromatic heterocycles. The van der Waals surface area contributed by atoms with E-state index in [1.807, 2.05) is 0 Å². The molecule has 23 heavy (non-hydrogen) atoms. The van der Waals surface area contributed by atoms with E-state index in [1.165, 1.54) is 6.26 Å². The number of benzene rings is 1. The predicted molar refractivity (Wildman–Crippen MR) is 89.6 cm³/mol. The van der Waals surface area contributed by atoms with Gasteiger partial charge in [0, 0.05) is 17.9 Å². The summed E-state index contributed by atoms with van der Waals surface area (Å²) in [6.07, 6.45) is 2.38. The number of anilines is 2. The SMILES string of the molecule is CC(C)CCNC(=O)Nc1ccc(NC(=O)c2ccco2)cc1. The topological polar surface area (TPSA) is 83.4 Å². The van der Waals surface area contributed by atoms with Crippen molar-refractivity contribution in [2.24, 2.45) is 5.92 Å². The van der Waals surface area contributed by atoms with Gasteiger partial charge in [0.2, 0.25) is 0 Å². The second kappa shape index (κ2) is 8.03. The molecule has 0 aliphatic heterocycles. The van der Waals surface area contributed by atoms with E-state index in [0.717, 1.165) is 6.42 Å². The van der Waals surface area contributed by atoms with Gasteiger partial charge in [-0.15, -0.1) is 0 Å². The third-order valence-electron chi connectivity index (χ3n) is 3.15. The van der Waals surface area contributed by atoms with Gasteiger partial charge >= 0.3 is 6.03 Å². The first kappa shape index (κ1) is 16.6. The molecule has 0 radical (unpaired) electrons. The van der Waals surface area contributed by atoms with Crippen molar-refractivity contribution in [2.75, 3.05) is 17.2 Å². The maximum absolute atomic E-state index is 11.8. The molecule has 2 aromatic rings. The molecular weight excluding hydrogens is 294 g/mol. The Morgan fingerprint density at radius 1 is 1.04 bits per heavy atom. The van der Waals surface area contributed by atoms with Crippen molar-refractivity contribution in [3.8, 4) is 0 Å². The van der Waals surface area contributed by atoms with Crippen LogP contribution in [0, 0.1) is 5.92 Å². The van der Waals surface area contributed by atoms with Crippen molar-refractivity contribution < 1.29 is 14.0 Å². The Hall–Kier alpha value is -2.76. The molecule has 0 saturated heterocycles. The first-order valence-electron chi connectivity index (χ1n) is 7.54. The van der Waals surface area contributed by atoms with Crippen LogP contribution in [0.5, 0.6) is 0 Å². The molecule has 0 atom stereocenters. The Morgan fingerprint density at radius 3 is 2.26 bits per heavy atom. The molecule has 3 amide bonds. The second-order valence-corrected chi connectivity index (χ2v) is 5.57. The van der Waals surface area contributed by atoms with E-state index < -0.39 is 0 Å². The van der Waals surface area contributed by atoms with E-state index in [1.54, 1.807) is 36.4 Å². The number of amides is 3. The van der Waals surface area contributed by atoms with Crippen molar-refractivity contribution in [3.63, 3.8) is 0 Å². The van der Waals surface area contributed by atoms with Gasteiger partial charge in [-0.2, -0.15) is 0 Å². The summed E-state index contributed by atoms with van der Waals surface area (Å²) in [6, 6.07) is 9.87. The maximum atomic E-state index is 11.8. The third-order valence-corrected chi connectivity index (χ3v) is 3.15. The summed E-state index contributed by atoms with van der Waals surface area (Å²) < 4.78 is 5.02. The van der Waals surface area contributed by atoms with Crippen molar-refractivity contribution in [3.05, 3.63) is 48.4 Å². The average Bonchev–Trinajstić information content (AvgIpc) is 3.03. The lowest BCUT2D eigenvalue weighted by molar-refractivity contribution is 0.0996. The Morgan fingerprint density at radius 2 is 1.70 bits per heavy atom. The molecule has 122 valence electrons. The molecule has 0 saturated carbocycles. The van der Waals surface area contributed by atoms with Crippen LogP contribution in [-0.2, 0) is 0 Å². The van der Waals surface area contributed by atoms with Crippen LogP contribution in [0.2, 0.25) is 0 Å². The second-order valence-electron chi connectivity index (χ2n) is 5.57. The molecular formula is C17H21N3O3. The molecule has 1 aromatic carbocycles. The normalized spacial score (nSPS) is 10.4. The lowest BCUT2D eigenvalue weighted by Crippen LogP contribution is -2.30.